The molecular formula is C18H20FN3. The van der Waals surface area contributed by atoms with Gasteiger partial charge in [0.25, 0.3) is 0 Å². The van der Waals surface area contributed by atoms with Crippen LogP contribution in [0.25, 0.3) is 11.0 Å². The Kier molecular flexibility index (Phi) is 3.94. The third-order valence-corrected chi connectivity index (χ3v) is 4.13. The fourth-order valence-corrected chi connectivity index (χ4v) is 2.87. The monoisotopic (exact) mass is 297 g/mol. The van der Waals surface area contributed by atoms with Crippen molar-refractivity contribution in [3.63, 3.8) is 0 Å². The topological polar surface area (TPSA) is 29.9 Å². The van der Waals surface area contributed by atoms with Gasteiger partial charge in [-0.05, 0) is 54.8 Å². The number of hydrogen-bond acceptors (Lipinski definition) is 2. The summed E-state index contributed by atoms with van der Waals surface area (Å²) in [6.45, 7) is 5.28. The van der Waals surface area contributed by atoms with Gasteiger partial charge in [-0.15, -0.1) is 0 Å². The molecule has 3 aromatic rings. The summed E-state index contributed by atoms with van der Waals surface area (Å²) >= 11 is 0. The number of para-hydroxylation sites is 2. The fourth-order valence-electron chi connectivity index (χ4n) is 2.87. The molecular weight excluding hydrogens is 277 g/mol. The lowest BCUT2D eigenvalue weighted by molar-refractivity contribution is 0.616. The average Bonchev–Trinajstić information content (AvgIpc) is 2.79. The number of hydrogen-bond donors (Lipinski definition) is 1. The standard InChI is InChI=1S/C18H20FN3/c1-12-8-14(19)9-13(2)15(12)10-20-11-18-21-16-6-4-5-7-17(16)22(18)3/h4-9,20H,10-11H2,1-3H3. The van der Waals surface area contributed by atoms with Gasteiger partial charge in [0.15, 0.2) is 0 Å². The van der Waals surface area contributed by atoms with Crippen molar-refractivity contribution in [2.24, 2.45) is 7.05 Å². The highest BCUT2D eigenvalue weighted by atomic mass is 19.1. The Hall–Kier alpha value is -2.20. The van der Waals surface area contributed by atoms with Gasteiger partial charge in [0.05, 0.1) is 17.6 Å². The molecule has 3 rings (SSSR count). The normalized spacial score (nSPS) is 11.3. The molecule has 114 valence electrons. The highest BCUT2D eigenvalue weighted by molar-refractivity contribution is 5.75. The summed E-state index contributed by atoms with van der Waals surface area (Å²) in [5.74, 6) is 0.827. The number of benzene rings is 2. The molecule has 22 heavy (non-hydrogen) atoms. The molecule has 4 heteroatoms. The van der Waals surface area contributed by atoms with E-state index in [0.717, 1.165) is 33.5 Å². The summed E-state index contributed by atoms with van der Waals surface area (Å²) < 4.78 is 15.4. The van der Waals surface area contributed by atoms with Crippen molar-refractivity contribution >= 4 is 11.0 Å². The van der Waals surface area contributed by atoms with E-state index in [1.165, 1.54) is 0 Å². The lowest BCUT2D eigenvalue weighted by atomic mass is 10.0. The van der Waals surface area contributed by atoms with Gasteiger partial charge in [-0.2, -0.15) is 0 Å². The van der Waals surface area contributed by atoms with Crippen LogP contribution in [0.5, 0.6) is 0 Å². The van der Waals surface area contributed by atoms with Crippen LogP contribution in [0.15, 0.2) is 36.4 Å². The second kappa shape index (κ2) is 5.89. The van der Waals surface area contributed by atoms with E-state index in [1.54, 1.807) is 12.1 Å². The van der Waals surface area contributed by atoms with E-state index in [9.17, 15) is 4.39 Å². The van der Waals surface area contributed by atoms with Gasteiger partial charge in [-0.3, -0.25) is 0 Å². The first-order valence-electron chi connectivity index (χ1n) is 7.43. The molecule has 0 atom stereocenters. The lowest BCUT2D eigenvalue weighted by Crippen LogP contribution is -2.17. The van der Waals surface area contributed by atoms with Gasteiger partial charge < -0.3 is 9.88 Å². The molecule has 1 N–H and O–H groups in total. The second-order valence-corrected chi connectivity index (χ2v) is 5.70. The van der Waals surface area contributed by atoms with Crippen LogP contribution in [0.1, 0.15) is 22.5 Å². The van der Waals surface area contributed by atoms with Crippen molar-refractivity contribution in [3.05, 3.63) is 64.7 Å². The molecule has 0 saturated carbocycles. The summed E-state index contributed by atoms with van der Waals surface area (Å²) in [6.07, 6.45) is 0. The Morgan fingerprint density at radius 2 is 1.77 bits per heavy atom. The predicted octanol–water partition coefficient (Wildman–Crippen LogP) is 3.62. The van der Waals surface area contributed by atoms with E-state index in [4.69, 9.17) is 0 Å². The van der Waals surface area contributed by atoms with Crippen molar-refractivity contribution < 1.29 is 4.39 Å². The van der Waals surface area contributed by atoms with Crippen LogP contribution in [0.2, 0.25) is 0 Å². The van der Waals surface area contributed by atoms with Crippen LogP contribution in [-0.4, -0.2) is 9.55 Å². The van der Waals surface area contributed by atoms with Crippen LogP contribution in [0.3, 0.4) is 0 Å². The first kappa shape index (κ1) is 14.7. The van der Waals surface area contributed by atoms with Gasteiger partial charge >= 0.3 is 0 Å². The summed E-state index contributed by atoms with van der Waals surface area (Å²) in [4.78, 5) is 4.64. The van der Waals surface area contributed by atoms with Gasteiger partial charge in [0.2, 0.25) is 0 Å². The molecule has 0 aliphatic heterocycles. The smallest absolute Gasteiger partial charge is 0.123 e. The molecule has 0 spiro atoms. The molecule has 0 radical (unpaired) electrons. The number of fused-ring (bicyclic) bond motifs is 1. The highest BCUT2D eigenvalue weighted by Gasteiger charge is 2.08. The maximum Gasteiger partial charge on any atom is 0.123 e. The lowest BCUT2D eigenvalue weighted by Gasteiger charge is -2.11. The minimum atomic E-state index is -0.172. The maximum atomic E-state index is 13.3. The SMILES string of the molecule is Cc1cc(F)cc(C)c1CNCc1nc2ccccc2n1C. The highest BCUT2D eigenvalue weighted by Crippen LogP contribution is 2.17. The van der Waals surface area contributed by atoms with E-state index in [2.05, 4.69) is 20.9 Å². The van der Waals surface area contributed by atoms with Crippen LogP contribution in [0, 0.1) is 19.7 Å². The van der Waals surface area contributed by atoms with Crippen molar-refractivity contribution in [3.8, 4) is 0 Å². The first-order chi connectivity index (χ1) is 10.6. The average molecular weight is 297 g/mol. The van der Waals surface area contributed by atoms with Gasteiger partial charge in [0.1, 0.15) is 11.6 Å². The third kappa shape index (κ3) is 2.74. The largest absolute Gasteiger partial charge is 0.330 e. The summed E-state index contributed by atoms with van der Waals surface area (Å²) in [5.41, 5.74) is 5.26. The number of halogens is 1. The molecule has 0 bridgehead atoms. The van der Waals surface area contributed by atoms with Gasteiger partial charge in [0, 0.05) is 13.6 Å². The molecule has 0 unspecified atom stereocenters. The Balaban J connectivity index is 1.74. The number of nitrogens with one attached hydrogen (secondary N) is 1. The minimum absolute atomic E-state index is 0.172. The summed E-state index contributed by atoms with van der Waals surface area (Å²) in [5, 5.41) is 3.42. The quantitative estimate of drug-likeness (QED) is 0.797. The van der Waals surface area contributed by atoms with Crippen LogP contribution < -0.4 is 5.32 Å². The van der Waals surface area contributed by atoms with E-state index in [1.807, 2.05) is 39.1 Å². The summed E-state index contributed by atoms with van der Waals surface area (Å²) in [6, 6.07) is 11.3. The molecule has 1 aromatic heterocycles. The fraction of sp³-hybridized carbons (Fsp3) is 0.278. The van der Waals surface area contributed by atoms with E-state index in [0.29, 0.717) is 13.1 Å². The first-order valence-corrected chi connectivity index (χ1v) is 7.43. The zero-order valence-electron chi connectivity index (χ0n) is 13.2. The second-order valence-electron chi connectivity index (χ2n) is 5.70. The predicted molar refractivity (Wildman–Crippen MR) is 87.1 cm³/mol. The Labute approximate surface area is 129 Å². The number of rotatable bonds is 4. The maximum absolute atomic E-state index is 13.3. The van der Waals surface area contributed by atoms with Crippen molar-refractivity contribution in [2.45, 2.75) is 26.9 Å². The minimum Gasteiger partial charge on any atom is -0.330 e. The van der Waals surface area contributed by atoms with E-state index >= 15 is 0 Å². The number of aromatic nitrogens is 2. The van der Waals surface area contributed by atoms with Gasteiger partial charge in [-0.25, -0.2) is 9.37 Å². The Bertz CT molecular complexity index is 797. The number of aryl methyl sites for hydroxylation is 3. The van der Waals surface area contributed by atoms with Crippen LogP contribution in [-0.2, 0) is 20.1 Å². The van der Waals surface area contributed by atoms with Crippen LogP contribution in [0.4, 0.5) is 4.39 Å². The zero-order chi connectivity index (χ0) is 15.7. The molecule has 1 heterocycles. The zero-order valence-corrected chi connectivity index (χ0v) is 13.2. The Morgan fingerprint density at radius 1 is 1.09 bits per heavy atom. The molecule has 0 fully saturated rings. The van der Waals surface area contributed by atoms with Crippen LogP contribution >= 0.6 is 0 Å². The molecule has 0 aliphatic rings. The molecule has 3 nitrogen and oxygen atoms in total. The number of nitrogens with zero attached hydrogens (tertiary/aromatic N) is 2. The number of imidazole rings is 1. The van der Waals surface area contributed by atoms with Crippen molar-refractivity contribution in [1.82, 2.24) is 14.9 Å². The summed E-state index contributed by atoms with van der Waals surface area (Å²) in [7, 11) is 2.03. The van der Waals surface area contributed by atoms with Crippen molar-refractivity contribution in [2.75, 3.05) is 0 Å². The third-order valence-electron chi connectivity index (χ3n) is 4.13. The van der Waals surface area contributed by atoms with E-state index < -0.39 is 0 Å². The van der Waals surface area contributed by atoms with Crippen molar-refractivity contribution in [1.29, 1.82) is 0 Å². The van der Waals surface area contributed by atoms with Gasteiger partial charge in [-0.1, -0.05) is 12.1 Å². The molecule has 0 aliphatic carbocycles. The molecule has 2 aromatic carbocycles. The Morgan fingerprint density at radius 3 is 2.45 bits per heavy atom. The molecule has 0 saturated heterocycles. The van der Waals surface area contributed by atoms with E-state index in [-0.39, 0.29) is 5.82 Å². The molecule has 0 amide bonds.